The molecule has 0 saturated carbocycles. The predicted molar refractivity (Wildman–Crippen MR) is 86.7 cm³/mol. The van der Waals surface area contributed by atoms with E-state index >= 15 is 0 Å². The van der Waals surface area contributed by atoms with Gasteiger partial charge in [0, 0.05) is 0 Å². The van der Waals surface area contributed by atoms with Crippen LogP contribution in [0.2, 0.25) is 0 Å². The van der Waals surface area contributed by atoms with Crippen LogP contribution in [0.1, 0.15) is 0 Å². The van der Waals surface area contributed by atoms with Crippen molar-refractivity contribution in [2.75, 3.05) is 0 Å². The van der Waals surface area contributed by atoms with Gasteiger partial charge >= 0.3 is 0 Å². The maximum atomic E-state index is 13.8. The second kappa shape index (κ2) is 5.55. The summed E-state index contributed by atoms with van der Waals surface area (Å²) in [6, 6.07) is 12.3. The topological polar surface area (TPSA) is 0 Å². The molecule has 0 spiro atoms. The highest BCUT2D eigenvalue weighted by Gasteiger charge is 2.17. The fraction of sp³-hybridized carbons (Fsp3) is 0. The van der Waals surface area contributed by atoms with Crippen molar-refractivity contribution in [2.24, 2.45) is 0 Å². The lowest BCUT2D eigenvalue weighted by atomic mass is 9.92. The van der Waals surface area contributed by atoms with E-state index in [-0.39, 0.29) is 10.9 Å². The summed E-state index contributed by atoms with van der Waals surface area (Å²) in [7, 11) is 0. The molecule has 0 heterocycles. The Morgan fingerprint density at radius 3 is 1.88 bits per heavy atom. The van der Waals surface area contributed by atoms with E-state index in [0.717, 1.165) is 24.3 Å². The molecule has 4 aromatic carbocycles. The van der Waals surface area contributed by atoms with Crippen molar-refractivity contribution in [3.8, 4) is 11.1 Å². The van der Waals surface area contributed by atoms with E-state index in [0.29, 0.717) is 21.7 Å². The van der Waals surface area contributed by atoms with Crippen LogP contribution in [-0.2, 0) is 0 Å². The lowest BCUT2D eigenvalue weighted by Gasteiger charge is -2.13. The zero-order valence-corrected chi connectivity index (χ0v) is 12.6. The summed E-state index contributed by atoms with van der Waals surface area (Å²) in [4.78, 5) is 0. The molecule has 0 N–H and O–H groups in total. The van der Waals surface area contributed by atoms with E-state index in [9.17, 15) is 22.0 Å². The highest BCUT2D eigenvalue weighted by atomic mass is 19.2. The van der Waals surface area contributed by atoms with Crippen molar-refractivity contribution >= 4 is 21.5 Å². The molecular formula is C20H9F5. The number of hydrogen-bond acceptors (Lipinski definition) is 0. The minimum atomic E-state index is -1.58. The van der Waals surface area contributed by atoms with Gasteiger partial charge in [-0.05, 0) is 63.0 Å². The van der Waals surface area contributed by atoms with Crippen LogP contribution in [0.15, 0.2) is 54.6 Å². The van der Waals surface area contributed by atoms with Crippen molar-refractivity contribution in [1.29, 1.82) is 0 Å². The lowest BCUT2D eigenvalue weighted by molar-refractivity contribution is 0.448. The van der Waals surface area contributed by atoms with Crippen molar-refractivity contribution < 1.29 is 22.0 Å². The third-order valence-corrected chi connectivity index (χ3v) is 4.18. The van der Waals surface area contributed by atoms with E-state index in [1.54, 1.807) is 30.3 Å². The van der Waals surface area contributed by atoms with Gasteiger partial charge in [0.1, 0.15) is 0 Å². The van der Waals surface area contributed by atoms with E-state index in [1.165, 1.54) is 0 Å². The summed E-state index contributed by atoms with van der Waals surface area (Å²) in [6.45, 7) is 0. The molecular weight excluding hydrogens is 335 g/mol. The average molecular weight is 344 g/mol. The Morgan fingerprint density at radius 2 is 1.16 bits per heavy atom. The van der Waals surface area contributed by atoms with Gasteiger partial charge in [-0.15, -0.1) is 0 Å². The van der Waals surface area contributed by atoms with Crippen molar-refractivity contribution in [2.45, 2.75) is 0 Å². The van der Waals surface area contributed by atoms with Crippen LogP contribution in [-0.4, -0.2) is 0 Å². The molecule has 0 saturated heterocycles. The monoisotopic (exact) mass is 344 g/mol. The number of fused-ring (bicyclic) bond motifs is 2. The molecule has 0 aromatic heterocycles. The van der Waals surface area contributed by atoms with Gasteiger partial charge in [-0.25, -0.2) is 22.0 Å². The zero-order chi connectivity index (χ0) is 17.7. The van der Waals surface area contributed by atoms with Crippen LogP contribution < -0.4 is 0 Å². The van der Waals surface area contributed by atoms with Gasteiger partial charge in [0.05, 0.1) is 0 Å². The second-order valence-corrected chi connectivity index (χ2v) is 5.71. The van der Waals surface area contributed by atoms with Crippen molar-refractivity contribution in [1.82, 2.24) is 0 Å². The van der Waals surface area contributed by atoms with Crippen LogP contribution in [0.5, 0.6) is 0 Å². The van der Waals surface area contributed by atoms with Crippen LogP contribution in [0, 0.1) is 29.1 Å². The van der Waals surface area contributed by atoms with E-state index in [2.05, 4.69) is 0 Å². The molecule has 0 radical (unpaired) electrons. The Bertz CT molecular complexity index is 1120. The summed E-state index contributed by atoms with van der Waals surface area (Å²) in [6.07, 6.45) is 0. The summed E-state index contributed by atoms with van der Waals surface area (Å²) in [5, 5.41) is 1.92. The molecule has 25 heavy (non-hydrogen) atoms. The van der Waals surface area contributed by atoms with Gasteiger partial charge in [-0.2, -0.15) is 0 Å². The highest BCUT2D eigenvalue weighted by Crippen LogP contribution is 2.38. The molecule has 0 amide bonds. The molecule has 124 valence electrons. The maximum Gasteiger partial charge on any atom is 0.194 e. The van der Waals surface area contributed by atoms with E-state index in [4.69, 9.17) is 0 Å². The molecule has 0 unspecified atom stereocenters. The Kier molecular flexibility index (Phi) is 3.46. The minimum Gasteiger partial charge on any atom is -0.204 e. The molecule has 0 fully saturated rings. The van der Waals surface area contributed by atoms with Crippen molar-refractivity contribution in [3.05, 3.63) is 83.7 Å². The van der Waals surface area contributed by atoms with Gasteiger partial charge in [-0.3, -0.25) is 0 Å². The van der Waals surface area contributed by atoms with Gasteiger partial charge in [-0.1, -0.05) is 24.3 Å². The van der Waals surface area contributed by atoms with Crippen LogP contribution in [0.25, 0.3) is 32.7 Å². The Hall–Kier alpha value is -2.95. The molecule has 0 nitrogen and oxygen atoms in total. The second-order valence-electron chi connectivity index (χ2n) is 5.71. The van der Waals surface area contributed by atoms with Crippen molar-refractivity contribution in [3.63, 3.8) is 0 Å². The molecule has 5 heteroatoms. The first-order valence-corrected chi connectivity index (χ1v) is 7.41. The molecule has 0 aliphatic rings. The summed E-state index contributed by atoms with van der Waals surface area (Å²) < 4.78 is 68.2. The van der Waals surface area contributed by atoms with E-state index in [1.807, 2.05) is 0 Å². The van der Waals surface area contributed by atoms with Gasteiger partial charge in [0.15, 0.2) is 29.1 Å². The summed E-state index contributed by atoms with van der Waals surface area (Å²) in [5.41, 5.74) is 0.356. The predicted octanol–water partition coefficient (Wildman–Crippen LogP) is 6.36. The maximum absolute atomic E-state index is 13.8. The molecule has 0 aliphatic carbocycles. The molecule has 4 aromatic rings. The largest absolute Gasteiger partial charge is 0.204 e. The molecule has 4 rings (SSSR count). The van der Waals surface area contributed by atoms with Crippen LogP contribution >= 0.6 is 0 Å². The minimum absolute atomic E-state index is 0.0456. The molecule has 0 bridgehead atoms. The molecule has 0 atom stereocenters. The van der Waals surface area contributed by atoms with Crippen LogP contribution in [0.4, 0.5) is 22.0 Å². The standard InChI is InChI=1S/C20H9F5/c21-15-6-11-5-10-3-1-2-4-13(10)19(14(11)9-16(15)22)12-7-17(23)20(25)18(24)8-12/h1-9H. The lowest BCUT2D eigenvalue weighted by Crippen LogP contribution is -1.94. The zero-order valence-electron chi connectivity index (χ0n) is 12.6. The van der Waals surface area contributed by atoms with Gasteiger partial charge in [0.25, 0.3) is 0 Å². The van der Waals surface area contributed by atoms with Gasteiger partial charge in [0.2, 0.25) is 0 Å². The van der Waals surface area contributed by atoms with E-state index < -0.39 is 29.1 Å². The summed E-state index contributed by atoms with van der Waals surface area (Å²) in [5.74, 6) is -6.37. The fourth-order valence-corrected chi connectivity index (χ4v) is 3.07. The fourth-order valence-electron chi connectivity index (χ4n) is 3.07. The first-order valence-electron chi connectivity index (χ1n) is 7.41. The first-order chi connectivity index (χ1) is 12.0. The smallest absolute Gasteiger partial charge is 0.194 e. The third-order valence-electron chi connectivity index (χ3n) is 4.18. The summed E-state index contributed by atoms with van der Waals surface area (Å²) >= 11 is 0. The SMILES string of the molecule is Fc1cc2cc3ccccc3c(-c3cc(F)c(F)c(F)c3)c2cc1F. The number of benzene rings is 4. The Morgan fingerprint density at radius 1 is 0.520 bits per heavy atom. The third kappa shape index (κ3) is 2.43. The van der Waals surface area contributed by atoms with Crippen LogP contribution in [0.3, 0.4) is 0 Å². The quantitative estimate of drug-likeness (QED) is 0.214. The first kappa shape index (κ1) is 15.6. The highest BCUT2D eigenvalue weighted by molar-refractivity contribution is 6.12. The van der Waals surface area contributed by atoms with Gasteiger partial charge < -0.3 is 0 Å². The average Bonchev–Trinajstić information content (AvgIpc) is 2.58. The normalized spacial score (nSPS) is 11.4. The Labute approximate surface area is 139 Å². The number of rotatable bonds is 1. The number of hydrogen-bond donors (Lipinski definition) is 0. The molecule has 0 aliphatic heterocycles. The number of halogens is 5. The Balaban J connectivity index is 2.21.